The molecule has 172 valence electrons. The number of thiophene rings is 1. The van der Waals surface area contributed by atoms with Gasteiger partial charge in [0.2, 0.25) is 11.7 Å². The molecule has 0 aliphatic heterocycles. The van der Waals surface area contributed by atoms with Gasteiger partial charge in [0.05, 0.1) is 28.4 Å². The number of hydrogen-bond donors (Lipinski definition) is 1. The predicted molar refractivity (Wildman–Crippen MR) is 117 cm³/mol. The quantitative estimate of drug-likeness (QED) is 0.385. The van der Waals surface area contributed by atoms with Gasteiger partial charge in [0.1, 0.15) is 4.83 Å². The molecular formula is C22H15F3N6O2S. The first kappa shape index (κ1) is 21.8. The second kappa shape index (κ2) is 8.37. The first-order valence-corrected chi connectivity index (χ1v) is 10.8. The van der Waals surface area contributed by atoms with Crippen molar-refractivity contribution in [1.82, 2.24) is 30.2 Å². The number of nitrogens with one attached hydrogen (secondary N) is 1. The van der Waals surface area contributed by atoms with Crippen LogP contribution in [-0.2, 0) is 12.7 Å². The van der Waals surface area contributed by atoms with E-state index in [-0.39, 0.29) is 24.0 Å². The predicted octanol–water partition coefficient (Wildman–Crippen LogP) is 4.79. The van der Waals surface area contributed by atoms with E-state index in [1.807, 2.05) is 0 Å². The van der Waals surface area contributed by atoms with Crippen LogP contribution < -0.4 is 5.32 Å². The van der Waals surface area contributed by atoms with Crippen LogP contribution in [0.1, 0.15) is 26.8 Å². The van der Waals surface area contributed by atoms with Crippen LogP contribution in [0.2, 0.25) is 0 Å². The fourth-order valence-electron chi connectivity index (χ4n) is 3.34. The number of amides is 1. The van der Waals surface area contributed by atoms with Crippen molar-refractivity contribution in [2.45, 2.75) is 19.6 Å². The first-order chi connectivity index (χ1) is 16.3. The number of aryl methyl sites for hydroxylation is 1. The molecule has 1 amide bonds. The van der Waals surface area contributed by atoms with Crippen LogP contribution in [0.4, 0.5) is 13.2 Å². The van der Waals surface area contributed by atoms with Gasteiger partial charge in [-0.2, -0.15) is 23.3 Å². The van der Waals surface area contributed by atoms with Crippen molar-refractivity contribution < 1.29 is 22.5 Å². The van der Waals surface area contributed by atoms with E-state index < -0.39 is 11.7 Å². The minimum atomic E-state index is -4.47. The second-order valence-electron chi connectivity index (χ2n) is 7.31. The Hall–Kier alpha value is -4.06. The molecule has 5 rings (SSSR count). The summed E-state index contributed by atoms with van der Waals surface area (Å²) >= 11 is 1.13. The molecule has 0 fully saturated rings. The van der Waals surface area contributed by atoms with E-state index in [4.69, 9.17) is 4.52 Å². The van der Waals surface area contributed by atoms with Gasteiger partial charge in [0.25, 0.3) is 5.91 Å². The standard InChI is InChI=1S/C22H15F3N6O2S/c1-12-16-10-17(20(32)27-11-18-28-19(30-33-18)13-5-7-26-8-6-13)34-21(16)31(29-12)15-4-2-3-14(9-15)22(23,24)25/h2-10H,11H2,1H3,(H,27,32). The van der Waals surface area contributed by atoms with Crippen molar-refractivity contribution in [2.75, 3.05) is 0 Å². The van der Waals surface area contributed by atoms with Gasteiger partial charge in [0.15, 0.2) is 0 Å². The fraction of sp³-hybridized carbons (Fsp3) is 0.136. The highest BCUT2D eigenvalue weighted by Gasteiger charge is 2.31. The van der Waals surface area contributed by atoms with Crippen molar-refractivity contribution in [3.05, 3.63) is 76.9 Å². The maximum absolute atomic E-state index is 13.1. The number of fused-ring (bicyclic) bond motifs is 1. The average molecular weight is 484 g/mol. The number of rotatable bonds is 5. The Bertz CT molecular complexity index is 1490. The molecule has 4 heterocycles. The van der Waals surface area contributed by atoms with E-state index in [0.717, 1.165) is 29.0 Å². The fourth-order valence-corrected chi connectivity index (χ4v) is 4.44. The number of benzene rings is 1. The van der Waals surface area contributed by atoms with Gasteiger partial charge in [-0.3, -0.25) is 9.78 Å². The molecule has 8 nitrogen and oxygen atoms in total. The molecule has 0 aliphatic carbocycles. The smallest absolute Gasteiger partial charge is 0.342 e. The molecule has 0 unspecified atom stereocenters. The number of halogens is 3. The molecule has 1 N–H and O–H groups in total. The minimum Gasteiger partial charge on any atom is -0.342 e. The molecule has 0 bridgehead atoms. The lowest BCUT2D eigenvalue weighted by Gasteiger charge is -2.09. The highest BCUT2D eigenvalue weighted by Crippen LogP contribution is 2.33. The van der Waals surface area contributed by atoms with E-state index in [1.165, 1.54) is 16.8 Å². The number of pyridine rings is 1. The summed E-state index contributed by atoms with van der Waals surface area (Å²) in [5.41, 5.74) is 0.819. The third-order valence-corrected chi connectivity index (χ3v) is 6.10. The molecule has 34 heavy (non-hydrogen) atoms. The molecule has 0 spiro atoms. The van der Waals surface area contributed by atoms with Crippen molar-refractivity contribution in [1.29, 1.82) is 0 Å². The van der Waals surface area contributed by atoms with Gasteiger partial charge in [-0.15, -0.1) is 11.3 Å². The topological polar surface area (TPSA) is 98.7 Å². The number of aromatic nitrogens is 5. The van der Waals surface area contributed by atoms with Crippen LogP contribution in [0.25, 0.3) is 27.3 Å². The molecule has 0 saturated heterocycles. The van der Waals surface area contributed by atoms with Crippen LogP contribution >= 0.6 is 11.3 Å². The number of nitrogens with zero attached hydrogens (tertiary/aromatic N) is 5. The molecule has 4 aromatic heterocycles. The Labute approximate surface area is 194 Å². The molecule has 0 aliphatic rings. The molecule has 0 atom stereocenters. The SMILES string of the molecule is Cc1nn(-c2cccc(C(F)(F)F)c2)c2sc(C(=O)NCc3nc(-c4ccncc4)no3)cc12. The van der Waals surface area contributed by atoms with Crippen molar-refractivity contribution >= 4 is 27.5 Å². The third kappa shape index (κ3) is 4.15. The summed E-state index contributed by atoms with van der Waals surface area (Å²) in [6, 6.07) is 10.0. The maximum Gasteiger partial charge on any atom is 0.416 e. The Morgan fingerprint density at radius 2 is 1.97 bits per heavy atom. The maximum atomic E-state index is 13.1. The third-order valence-electron chi connectivity index (χ3n) is 4.99. The van der Waals surface area contributed by atoms with E-state index in [2.05, 4.69) is 25.5 Å². The van der Waals surface area contributed by atoms with Crippen LogP contribution in [-0.4, -0.2) is 30.8 Å². The number of carbonyl (C=O) groups excluding carboxylic acids is 1. The highest BCUT2D eigenvalue weighted by atomic mass is 32.1. The van der Waals surface area contributed by atoms with Gasteiger partial charge in [0, 0.05) is 23.3 Å². The Kier molecular flexibility index (Phi) is 5.36. The van der Waals surface area contributed by atoms with E-state index >= 15 is 0 Å². The summed E-state index contributed by atoms with van der Waals surface area (Å²) in [4.78, 5) is 21.9. The lowest BCUT2D eigenvalue weighted by molar-refractivity contribution is -0.137. The Balaban J connectivity index is 1.36. The lowest BCUT2D eigenvalue weighted by Crippen LogP contribution is -2.21. The summed E-state index contributed by atoms with van der Waals surface area (Å²) in [5, 5.41) is 11.7. The van der Waals surface area contributed by atoms with Gasteiger partial charge in [-0.05, 0) is 43.3 Å². The van der Waals surface area contributed by atoms with Crippen molar-refractivity contribution in [3.8, 4) is 17.1 Å². The van der Waals surface area contributed by atoms with Gasteiger partial charge >= 0.3 is 6.18 Å². The van der Waals surface area contributed by atoms with Crippen LogP contribution in [0.15, 0.2) is 59.4 Å². The Morgan fingerprint density at radius 3 is 2.74 bits per heavy atom. The molecular weight excluding hydrogens is 469 g/mol. The van der Waals surface area contributed by atoms with Crippen LogP contribution in [0, 0.1) is 6.92 Å². The van der Waals surface area contributed by atoms with Gasteiger partial charge in [-0.1, -0.05) is 11.2 Å². The van der Waals surface area contributed by atoms with Crippen molar-refractivity contribution in [3.63, 3.8) is 0 Å². The molecule has 1 aromatic carbocycles. The zero-order chi connectivity index (χ0) is 23.9. The van der Waals surface area contributed by atoms with Crippen LogP contribution in [0.5, 0.6) is 0 Å². The number of hydrogen-bond acceptors (Lipinski definition) is 7. The van der Waals surface area contributed by atoms with E-state index in [9.17, 15) is 18.0 Å². The Morgan fingerprint density at radius 1 is 1.18 bits per heavy atom. The monoisotopic (exact) mass is 484 g/mol. The molecule has 0 saturated carbocycles. The lowest BCUT2D eigenvalue weighted by atomic mass is 10.2. The largest absolute Gasteiger partial charge is 0.416 e. The first-order valence-electron chi connectivity index (χ1n) is 9.97. The summed E-state index contributed by atoms with van der Waals surface area (Å²) < 4.78 is 46.0. The van der Waals surface area contributed by atoms with E-state index in [1.54, 1.807) is 37.5 Å². The van der Waals surface area contributed by atoms with Gasteiger partial charge < -0.3 is 9.84 Å². The van der Waals surface area contributed by atoms with Gasteiger partial charge in [-0.25, -0.2) is 4.68 Å². The zero-order valence-electron chi connectivity index (χ0n) is 17.5. The van der Waals surface area contributed by atoms with E-state index in [0.29, 0.717) is 26.6 Å². The summed E-state index contributed by atoms with van der Waals surface area (Å²) in [7, 11) is 0. The normalized spacial score (nSPS) is 11.8. The van der Waals surface area contributed by atoms with Crippen molar-refractivity contribution in [2.24, 2.45) is 0 Å². The highest BCUT2D eigenvalue weighted by molar-refractivity contribution is 7.20. The zero-order valence-corrected chi connectivity index (χ0v) is 18.3. The number of alkyl halides is 3. The van der Waals surface area contributed by atoms with Crippen LogP contribution in [0.3, 0.4) is 0 Å². The summed E-state index contributed by atoms with van der Waals surface area (Å²) in [5.74, 6) is 0.234. The molecule has 12 heteroatoms. The summed E-state index contributed by atoms with van der Waals surface area (Å²) in [6.07, 6.45) is -1.25. The average Bonchev–Trinajstić information content (AvgIpc) is 3.55. The summed E-state index contributed by atoms with van der Waals surface area (Å²) in [6.45, 7) is 1.75. The second-order valence-corrected chi connectivity index (χ2v) is 8.34. The molecule has 5 aromatic rings. The number of carbonyl (C=O) groups is 1. The minimum absolute atomic E-state index is 0.0178. The molecule has 0 radical (unpaired) electrons.